The fraction of sp³-hybridized carbons (Fsp3) is 0.815. The molecule has 5 aliphatic rings. The molecule has 7 atom stereocenters. The first-order chi connectivity index (χ1) is 13.9. The standard InChI is InChI=1S/C27H41NO/c1-18-16-21-17-20(5-4-19-10-14-28-15-11-19)8-12-26(21,2)23-9-13-27(3)22(25(18)23)6-7-24(27)29/h4-5,19-23,25,28H,1,6-17H2,2-3H3/t20?,21?,22-,23+,25-,26-,27-/m0/s1. The second kappa shape index (κ2) is 7.36. The topological polar surface area (TPSA) is 29.1 Å². The van der Waals surface area contributed by atoms with Crippen LogP contribution >= 0.6 is 0 Å². The Morgan fingerprint density at radius 2 is 1.72 bits per heavy atom. The first-order valence-corrected chi connectivity index (χ1v) is 12.5. The van der Waals surface area contributed by atoms with Crippen LogP contribution in [0.15, 0.2) is 24.3 Å². The van der Waals surface area contributed by atoms with Gasteiger partial charge >= 0.3 is 0 Å². The number of fused-ring (bicyclic) bond motifs is 5. The van der Waals surface area contributed by atoms with E-state index in [1.807, 2.05) is 0 Å². The van der Waals surface area contributed by atoms with Crippen molar-refractivity contribution in [3.05, 3.63) is 24.3 Å². The largest absolute Gasteiger partial charge is 0.317 e. The Balaban J connectivity index is 1.32. The molecule has 0 radical (unpaired) electrons. The number of rotatable bonds is 2. The van der Waals surface area contributed by atoms with Gasteiger partial charge in [0.1, 0.15) is 5.78 Å². The molecule has 5 rings (SSSR count). The van der Waals surface area contributed by atoms with E-state index in [1.54, 1.807) is 0 Å². The van der Waals surface area contributed by atoms with Gasteiger partial charge in [-0.2, -0.15) is 0 Å². The zero-order chi connectivity index (χ0) is 20.2. The van der Waals surface area contributed by atoms with Gasteiger partial charge in [-0.1, -0.05) is 38.2 Å². The van der Waals surface area contributed by atoms with E-state index in [4.69, 9.17) is 0 Å². The monoisotopic (exact) mass is 395 g/mol. The van der Waals surface area contributed by atoms with Gasteiger partial charge in [0.2, 0.25) is 0 Å². The highest BCUT2D eigenvalue weighted by Crippen LogP contribution is 2.67. The third kappa shape index (κ3) is 3.20. The minimum absolute atomic E-state index is 0.0396. The van der Waals surface area contributed by atoms with Crippen molar-refractivity contribution in [1.82, 2.24) is 5.32 Å². The highest BCUT2D eigenvalue weighted by atomic mass is 16.1. The molecule has 0 aromatic heterocycles. The van der Waals surface area contributed by atoms with E-state index in [0.29, 0.717) is 23.0 Å². The minimum atomic E-state index is -0.0396. The number of allylic oxidation sites excluding steroid dienone is 3. The number of Topliss-reactive ketones (excluding diaryl/α,β-unsaturated/α-hetero) is 1. The molecule has 2 unspecified atom stereocenters. The summed E-state index contributed by atoms with van der Waals surface area (Å²) >= 11 is 0. The quantitative estimate of drug-likeness (QED) is 0.587. The van der Waals surface area contributed by atoms with E-state index in [-0.39, 0.29) is 5.41 Å². The van der Waals surface area contributed by atoms with Crippen LogP contribution in [0.5, 0.6) is 0 Å². The number of nitrogens with one attached hydrogen (secondary N) is 1. The van der Waals surface area contributed by atoms with Crippen LogP contribution in [0, 0.1) is 46.3 Å². The van der Waals surface area contributed by atoms with Crippen molar-refractivity contribution in [3.63, 3.8) is 0 Å². The Morgan fingerprint density at radius 3 is 2.52 bits per heavy atom. The Kier molecular flexibility index (Phi) is 5.09. The van der Waals surface area contributed by atoms with Crippen LogP contribution in [-0.4, -0.2) is 18.9 Å². The van der Waals surface area contributed by atoms with Gasteiger partial charge in [0.25, 0.3) is 0 Å². The Bertz CT molecular complexity index is 703. The number of ketones is 1. The molecule has 0 aromatic rings. The van der Waals surface area contributed by atoms with Crippen molar-refractivity contribution >= 4 is 5.78 Å². The van der Waals surface area contributed by atoms with Gasteiger partial charge in [0, 0.05) is 11.8 Å². The lowest BCUT2D eigenvalue weighted by molar-refractivity contribution is -0.134. The third-order valence-corrected chi connectivity index (χ3v) is 10.4. The summed E-state index contributed by atoms with van der Waals surface area (Å²) < 4.78 is 0. The van der Waals surface area contributed by atoms with E-state index < -0.39 is 0 Å². The maximum atomic E-state index is 12.7. The van der Waals surface area contributed by atoms with Gasteiger partial charge in [0.15, 0.2) is 0 Å². The molecule has 2 nitrogen and oxygen atoms in total. The molecular weight excluding hydrogens is 354 g/mol. The van der Waals surface area contributed by atoms with Gasteiger partial charge in [0.05, 0.1) is 0 Å². The summed E-state index contributed by atoms with van der Waals surface area (Å²) in [4.78, 5) is 12.7. The number of hydrogen-bond donors (Lipinski definition) is 1. The minimum Gasteiger partial charge on any atom is -0.317 e. The maximum absolute atomic E-state index is 12.7. The summed E-state index contributed by atoms with van der Waals surface area (Å²) in [6.07, 6.45) is 17.4. The predicted octanol–water partition coefficient (Wildman–Crippen LogP) is 5.94. The first kappa shape index (κ1) is 20.0. The highest BCUT2D eigenvalue weighted by Gasteiger charge is 2.61. The SMILES string of the molecule is C=C1CC2CC(C=CC3CCNCC3)CC[C@]2(C)[C@@H]2CC[C@]3(C)C(=O)CC[C@H]3[C@H]12. The second-order valence-corrected chi connectivity index (χ2v) is 11.7. The fourth-order valence-corrected chi connectivity index (χ4v) is 8.46. The fourth-order valence-electron chi connectivity index (χ4n) is 8.46. The van der Waals surface area contributed by atoms with Crippen molar-refractivity contribution in [2.75, 3.05) is 13.1 Å². The molecule has 4 saturated carbocycles. The van der Waals surface area contributed by atoms with Crippen LogP contribution in [0.25, 0.3) is 0 Å². The van der Waals surface area contributed by atoms with E-state index in [2.05, 4.69) is 37.9 Å². The summed E-state index contributed by atoms with van der Waals surface area (Å²) in [7, 11) is 0. The number of carbonyl (C=O) groups excluding carboxylic acids is 1. The molecule has 1 N–H and O–H groups in total. The van der Waals surface area contributed by atoms with Gasteiger partial charge in [-0.25, -0.2) is 0 Å². The maximum Gasteiger partial charge on any atom is 0.139 e. The molecule has 4 aliphatic carbocycles. The number of hydrogen-bond acceptors (Lipinski definition) is 2. The lowest BCUT2D eigenvalue weighted by Crippen LogP contribution is -2.54. The first-order valence-electron chi connectivity index (χ1n) is 12.5. The summed E-state index contributed by atoms with van der Waals surface area (Å²) in [5.74, 6) is 4.88. The number of piperidine rings is 1. The molecule has 29 heavy (non-hydrogen) atoms. The molecule has 160 valence electrons. The smallest absolute Gasteiger partial charge is 0.139 e. The molecule has 1 aliphatic heterocycles. The summed E-state index contributed by atoms with van der Waals surface area (Å²) in [6, 6.07) is 0. The Hall–Kier alpha value is -0.890. The molecule has 1 heterocycles. The van der Waals surface area contributed by atoms with Crippen LogP contribution in [0.1, 0.15) is 78.1 Å². The molecule has 0 bridgehead atoms. The molecule has 1 saturated heterocycles. The summed E-state index contributed by atoms with van der Waals surface area (Å²) in [5, 5.41) is 3.48. The number of carbonyl (C=O) groups is 1. The average Bonchev–Trinajstić information content (AvgIpc) is 3.03. The van der Waals surface area contributed by atoms with E-state index in [0.717, 1.165) is 42.9 Å². The van der Waals surface area contributed by atoms with Crippen LogP contribution in [0.4, 0.5) is 0 Å². The van der Waals surface area contributed by atoms with Crippen molar-refractivity contribution in [3.8, 4) is 0 Å². The second-order valence-electron chi connectivity index (χ2n) is 11.7. The van der Waals surface area contributed by atoms with Gasteiger partial charge in [-0.15, -0.1) is 0 Å². The summed E-state index contributed by atoms with van der Waals surface area (Å²) in [5.41, 5.74) is 1.94. The summed E-state index contributed by atoms with van der Waals surface area (Å²) in [6.45, 7) is 11.9. The Morgan fingerprint density at radius 1 is 0.966 bits per heavy atom. The normalized spacial score (nSPS) is 48.4. The van der Waals surface area contributed by atoms with Gasteiger partial charge in [-0.3, -0.25) is 4.79 Å². The van der Waals surface area contributed by atoms with E-state index >= 15 is 0 Å². The van der Waals surface area contributed by atoms with Crippen LogP contribution in [-0.2, 0) is 4.79 Å². The molecule has 2 heteroatoms. The Labute approximate surface area is 178 Å². The molecule has 5 fully saturated rings. The zero-order valence-corrected chi connectivity index (χ0v) is 18.7. The van der Waals surface area contributed by atoms with Crippen LogP contribution in [0.3, 0.4) is 0 Å². The molecule has 0 spiro atoms. The third-order valence-electron chi connectivity index (χ3n) is 10.4. The van der Waals surface area contributed by atoms with E-state index in [1.165, 1.54) is 63.6 Å². The van der Waals surface area contributed by atoms with Crippen molar-refractivity contribution in [2.24, 2.45) is 46.3 Å². The highest BCUT2D eigenvalue weighted by molar-refractivity contribution is 5.87. The van der Waals surface area contributed by atoms with Crippen molar-refractivity contribution < 1.29 is 4.79 Å². The predicted molar refractivity (Wildman–Crippen MR) is 119 cm³/mol. The lowest BCUT2D eigenvalue weighted by Gasteiger charge is -2.61. The van der Waals surface area contributed by atoms with Gasteiger partial charge < -0.3 is 5.32 Å². The van der Waals surface area contributed by atoms with Crippen molar-refractivity contribution in [2.45, 2.75) is 78.1 Å². The lowest BCUT2D eigenvalue weighted by atomic mass is 9.44. The van der Waals surface area contributed by atoms with E-state index in [9.17, 15) is 4.79 Å². The molecule has 0 amide bonds. The zero-order valence-electron chi connectivity index (χ0n) is 18.7. The van der Waals surface area contributed by atoms with Crippen molar-refractivity contribution in [1.29, 1.82) is 0 Å². The average molecular weight is 396 g/mol. The molecule has 0 aromatic carbocycles. The van der Waals surface area contributed by atoms with Crippen LogP contribution < -0.4 is 5.32 Å². The van der Waals surface area contributed by atoms with Gasteiger partial charge in [-0.05, 0) is 112 Å². The molecular formula is C27H41NO. The van der Waals surface area contributed by atoms with Crippen LogP contribution in [0.2, 0.25) is 0 Å².